The van der Waals surface area contributed by atoms with Crippen molar-refractivity contribution in [3.63, 3.8) is 0 Å². The van der Waals surface area contributed by atoms with E-state index in [0.29, 0.717) is 0 Å². The van der Waals surface area contributed by atoms with Crippen LogP contribution in [0.1, 0.15) is 20.3 Å². The number of nitrogens with zero attached hydrogens (tertiary/aromatic N) is 1. The minimum atomic E-state index is -0.0637. The lowest BCUT2D eigenvalue weighted by molar-refractivity contribution is 0.977. The lowest BCUT2D eigenvalue weighted by atomic mass is 10.3. The van der Waals surface area contributed by atoms with Gasteiger partial charge in [0.1, 0.15) is 0 Å². The number of fused-ring (bicyclic) bond motifs is 1. The number of benzene rings is 1. The van der Waals surface area contributed by atoms with Gasteiger partial charge in [0.15, 0.2) is 0 Å². The Bertz CT molecular complexity index is 560. The van der Waals surface area contributed by atoms with Gasteiger partial charge in [-0.3, -0.25) is 4.57 Å². The summed E-state index contributed by atoms with van der Waals surface area (Å²) in [4.78, 5) is 14.6. The first-order chi connectivity index (χ1) is 7.27. The molecule has 0 radical (unpaired) electrons. The summed E-state index contributed by atoms with van der Waals surface area (Å²) in [6.45, 7) is 4.00. The fraction of sp³-hybridized carbons (Fsp3) is 0.250. The Morgan fingerprint density at radius 3 is 2.87 bits per heavy atom. The van der Waals surface area contributed by atoms with Crippen LogP contribution in [0.4, 0.5) is 0 Å². The predicted octanol–water partition coefficient (Wildman–Crippen LogP) is 2.60. The third-order valence-corrected chi connectivity index (χ3v) is 2.57. The summed E-state index contributed by atoms with van der Waals surface area (Å²) in [5.74, 6) is 0. The van der Waals surface area contributed by atoms with E-state index in [9.17, 15) is 4.79 Å². The third kappa shape index (κ3) is 1.50. The van der Waals surface area contributed by atoms with E-state index in [1.54, 1.807) is 4.57 Å². The number of H-pyrrole nitrogens is 1. The second-order valence-corrected chi connectivity index (χ2v) is 3.42. The van der Waals surface area contributed by atoms with Gasteiger partial charge in [-0.2, -0.15) is 0 Å². The molecular weight excluding hydrogens is 188 g/mol. The monoisotopic (exact) mass is 202 g/mol. The maximum absolute atomic E-state index is 11.8. The number of imidazole rings is 1. The molecule has 78 valence electrons. The Morgan fingerprint density at radius 1 is 1.47 bits per heavy atom. The van der Waals surface area contributed by atoms with Crippen LogP contribution in [0.5, 0.6) is 0 Å². The molecule has 1 heterocycles. The van der Waals surface area contributed by atoms with E-state index in [1.165, 1.54) is 0 Å². The molecule has 1 N–H and O–H groups in total. The van der Waals surface area contributed by atoms with Crippen LogP contribution in [0, 0.1) is 0 Å². The van der Waals surface area contributed by atoms with Gasteiger partial charge in [-0.15, -0.1) is 0 Å². The van der Waals surface area contributed by atoms with Gasteiger partial charge in [0.2, 0.25) is 0 Å². The van der Waals surface area contributed by atoms with E-state index in [1.807, 2.05) is 44.2 Å². The average molecular weight is 202 g/mol. The number of hydrogen-bond donors (Lipinski definition) is 1. The van der Waals surface area contributed by atoms with Crippen LogP contribution in [0.2, 0.25) is 0 Å². The Morgan fingerprint density at radius 2 is 2.20 bits per heavy atom. The minimum absolute atomic E-state index is 0.0637. The second kappa shape index (κ2) is 3.77. The Kier molecular flexibility index (Phi) is 2.46. The van der Waals surface area contributed by atoms with Crippen molar-refractivity contribution in [3.05, 3.63) is 40.8 Å². The molecule has 2 aromatic rings. The zero-order valence-corrected chi connectivity index (χ0v) is 8.95. The normalized spacial score (nSPS) is 12.3. The molecule has 0 spiro atoms. The zero-order valence-electron chi connectivity index (χ0n) is 8.95. The molecule has 0 aliphatic rings. The molecule has 0 fully saturated rings. The van der Waals surface area contributed by atoms with Gasteiger partial charge >= 0.3 is 5.69 Å². The lowest BCUT2D eigenvalue weighted by Crippen LogP contribution is -2.15. The molecule has 0 unspecified atom stereocenters. The fourth-order valence-corrected chi connectivity index (χ4v) is 1.83. The summed E-state index contributed by atoms with van der Waals surface area (Å²) in [6.07, 6.45) is 2.82. The SMILES string of the molecule is C/C=C(\CC)n1c(=O)[nH]c2ccccc21. The highest BCUT2D eigenvalue weighted by Gasteiger charge is 2.07. The molecule has 3 heteroatoms. The van der Waals surface area contributed by atoms with Crippen LogP contribution in [0.15, 0.2) is 35.1 Å². The number of allylic oxidation sites excluding steroid dienone is 2. The molecule has 1 aromatic carbocycles. The molecule has 3 nitrogen and oxygen atoms in total. The van der Waals surface area contributed by atoms with E-state index in [-0.39, 0.29) is 5.69 Å². The largest absolute Gasteiger partial charge is 0.330 e. The Labute approximate surface area is 88.0 Å². The van der Waals surface area contributed by atoms with E-state index in [2.05, 4.69) is 4.98 Å². The number of nitrogens with one attached hydrogen (secondary N) is 1. The summed E-state index contributed by atoms with van der Waals surface area (Å²) in [5, 5.41) is 0. The van der Waals surface area contributed by atoms with Gasteiger partial charge < -0.3 is 4.98 Å². The highest BCUT2D eigenvalue weighted by atomic mass is 16.1. The van der Waals surface area contributed by atoms with E-state index >= 15 is 0 Å². The Balaban J connectivity index is 2.80. The van der Waals surface area contributed by atoms with Crippen LogP contribution in [-0.2, 0) is 0 Å². The smallest absolute Gasteiger partial charge is 0.305 e. The number of hydrogen-bond acceptors (Lipinski definition) is 1. The van der Waals surface area contributed by atoms with Crippen LogP contribution in [0.25, 0.3) is 16.7 Å². The van der Waals surface area contributed by atoms with E-state index < -0.39 is 0 Å². The van der Waals surface area contributed by atoms with Gasteiger partial charge in [0.25, 0.3) is 0 Å². The van der Waals surface area contributed by atoms with Gasteiger partial charge in [-0.1, -0.05) is 25.1 Å². The standard InChI is InChI=1S/C12H14N2O/c1-3-9(4-2)14-11-8-6-5-7-10(11)13-12(14)15/h3,5-8H,4H2,1-2H3,(H,13,15)/b9-3+. The summed E-state index contributed by atoms with van der Waals surface area (Å²) in [5.41, 5.74) is 2.79. The van der Waals surface area contributed by atoms with Crippen molar-refractivity contribution < 1.29 is 0 Å². The van der Waals surface area contributed by atoms with Gasteiger partial charge in [-0.25, -0.2) is 4.79 Å². The molecule has 0 bridgehead atoms. The molecule has 1 aromatic heterocycles. The van der Waals surface area contributed by atoms with Gasteiger partial charge in [0, 0.05) is 5.70 Å². The number of para-hydroxylation sites is 2. The number of aromatic amines is 1. The van der Waals surface area contributed by atoms with Crippen molar-refractivity contribution in [3.8, 4) is 0 Å². The van der Waals surface area contributed by atoms with Crippen LogP contribution in [0.3, 0.4) is 0 Å². The molecule has 0 saturated heterocycles. The summed E-state index contributed by atoms with van der Waals surface area (Å²) in [6, 6.07) is 7.72. The van der Waals surface area contributed by atoms with E-state index in [4.69, 9.17) is 0 Å². The number of rotatable bonds is 2. The van der Waals surface area contributed by atoms with Crippen LogP contribution < -0.4 is 5.69 Å². The average Bonchev–Trinajstić information content (AvgIpc) is 2.58. The molecule has 0 aliphatic carbocycles. The zero-order chi connectivity index (χ0) is 10.8. The molecular formula is C12H14N2O. The molecule has 2 rings (SSSR count). The summed E-state index contributed by atoms with van der Waals surface area (Å²) < 4.78 is 1.73. The molecule has 15 heavy (non-hydrogen) atoms. The minimum Gasteiger partial charge on any atom is -0.305 e. The lowest BCUT2D eigenvalue weighted by Gasteiger charge is -2.04. The molecule has 0 atom stereocenters. The van der Waals surface area contributed by atoms with Gasteiger partial charge in [0.05, 0.1) is 11.0 Å². The highest BCUT2D eigenvalue weighted by molar-refractivity contribution is 5.78. The van der Waals surface area contributed by atoms with E-state index in [0.717, 1.165) is 23.2 Å². The fourth-order valence-electron chi connectivity index (χ4n) is 1.83. The quantitative estimate of drug-likeness (QED) is 0.798. The van der Waals surface area contributed by atoms with Crippen molar-refractivity contribution in [1.82, 2.24) is 9.55 Å². The highest BCUT2D eigenvalue weighted by Crippen LogP contribution is 2.15. The summed E-state index contributed by atoms with van der Waals surface area (Å²) >= 11 is 0. The summed E-state index contributed by atoms with van der Waals surface area (Å²) in [7, 11) is 0. The molecule has 0 aliphatic heterocycles. The maximum Gasteiger partial charge on any atom is 0.330 e. The maximum atomic E-state index is 11.8. The van der Waals surface area contributed by atoms with Crippen LogP contribution in [-0.4, -0.2) is 9.55 Å². The predicted molar refractivity (Wildman–Crippen MR) is 62.8 cm³/mol. The first-order valence-electron chi connectivity index (χ1n) is 5.13. The first-order valence-corrected chi connectivity index (χ1v) is 5.13. The van der Waals surface area contributed by atoms with Gasteiger partial charge in [-0.05, 0) is 25.5 Å². The topological polar surface area (TPSA) is 37.8 Å². The molecule has 0 amide bonds. The van der Waals surface area contributed by atoms with Crippen molar-refractivity contribution >= 4 is 16.7 Å². The van der Waals surface area contributed by atoms with Crippen molar-refractivity contribution in [1.29, 1.82) is 0 Å². The van der Waals surface area contributed by atoms with Crippen molar-refractivity contribution in [2.75, 3.05) is 0 Å². The third-order valence-electron chi connectivity index (χ3n) is 2.57. The molecule has 0 saturated carbocycles. The van der Waals surface area contributed by atoms with Crippen LogP contribution >= 0.6 is 0 Å². The second-order valence-electron chi connectivity index (χ2n) is 3.42. The van der Waals surface area contributed by atoms with Crippen molar-refractivity contribution in [2.24, 2.45) is 0 Å². The Hall–Kier alpha value is -1.77. The van der Waals surface area contributed by atoms with Crippen molar-refractivity contribution in [2.45, 2.75) is 20.3 Å². The number of aromatic nitrogens is 2. The first kappa shape index (κ1) is 9.77.